The highest BCUT2D eigenvalue weighted by Gasteiger charge is 2.20. The van der Waals surface area contributed by atoms with Gasteiger partial charge in [0.15, 0.2) is 0 Å². The number of rotatable bonds is 6. The van der Waals surface area contributed by atoms with Crippen LogP contribution in [0.3, 0.4) is 0 Å². The largest absolute Gasteiger partial charge is 0.469 e. The third-order valence-electron chi connectivity index (χ3n) is 2.59. The molecule has 1 atom stereocenters. The quantitative estimate of drug-likeness (QED) is 0.592. The second-order valence-corrected chi connectivity index (χ2v) is 3.71. The first-order chi connectivity index (χ1) is 7.79. The van der Waals surface area contributed by atoms with Crippen LogP contribution in [0.2, 0.25) is 0 Å². The molecule has 1 aromatic rings. The molecule has 1 aromatic carbocycles. The summed E-state index contributed by atoms with van der Waals surface area (Å²) in [6.45, 7) is 0.169. The van der Waals surface area contributed by atoms with Crippen molar-refractivity contribution in [3.05, 3.63) is 35.9 Å². The third kappa shape index (κ3) is 3.66. The SMILES string of the molecule is COC(=O)C(CCCCO)c1ccccc1. The van der Waals surface area contributed by atoms with Crippen LogP contribution in [0.1, 0.15) is 30.7 Å². The molecule has 16 heavy (non-hydrogen) atoms. The van der Waals surface area contributed by atoms with E-state index in [2.05, 4.69) is 0 Å². The molecule has 0 heterocycles. The zero-order valence-corrected chi connectivity index (χ0v) is 9.56. The van der Waals surface area contributed by atoms with Crippen LogP contribution in [-0.4, -0.2) is 24.8 Å². The van der Waals surface area contributed by atoms with Gasteiger partial charge < -0.3 is 9.84 Å². The maximum atomic E-state index is 11.6. The van der Waals surface area contributed by atoms with Crippen LogP contribution in [-0.2, 0) is 9.53 Å². The van der Waals surface area contributed by atoms with Crippen LogP contribution in [0.25, 0.3) is 0 Å². The van der Waals surface area contributed by atoms with Crippen LogP contribution in [0.4, 0.5) is 0 Å². The van der Waals surface area contributed by atoms with Crippen molar-refractivity contribution in [3.63, 3.8) is 0 Å². The average molecular weight is 222 g/mol. The Balaban J connectivity index is 2.68. The van der Waals surface area contributed by atoms with Crippen molar-refractivity contribution in [1.29, 1.82) is 0 Å². The summed E-state index contributed by atoms with van der Waals surface area (Å²) >= 11 is 0. The topological polar surface area (TPSA) is 46.5 Å². The van der Waals surface area contributed by atoms with Gasteiger partial charge in [-0.1, -0.05) is 30.3 Å². The molecule has 0 saturated carbocycles. The van der Waals surface area contributed by atoms with Gasteiger partial charge in [-0.05, 0) is 24.8 Å². The molecule has 0 aliphatic rings. The first-order valence-corrected chi connectivity index (χ1v) is 5.53. The number of hydrogen-bond donors (Lipinski definition) is 1. The number of methoxy groups -OCH3 is 1. The van der Waals surface area contributed by atoms with Crippen LogP contribution in [0.5, 0.6) is 0 Å². The lowest BCUT2D eigenvalue weighted by Crippen LogP contribution is -2.14. The fourth-order valence-electron chi connectivity index (χ4n) is 1.71. The molecule has 0 bridgehead atoms. The molecule has 0 amide bonds. The van der Waals surface area contributed by atoms with Gasteiger partial charge in [0, 0.05) is 6.61 Å². The predicted octanol–water partition coefficient (Wildman–Crippen LogP) is 2.11. The first-order valence-electron chi connectivity index (χ1n) is 5.53. The molecule has 3 heteroatoms. The van der Waals surface area contributed by atoms with Gasteiger partial charge in [-0.25, -0.2) is 0 Å². The normalized spacial score (nSPS) is 12.1. The number of carbonyl (C=O) groups is 1. The van der Waals surface area contributed by atoms with Gasteiger partial charge in [-0.3, -0.25) is 4.79 Å². The summed E-state index contributed by atoms with van der Waals surface area (Å²) in [6.07, 6.45) is 2.27. The van der Waals surface area contributed by atoms with Gasteiger partial charge in [0.1, 0.15) is 0 Å². The molecule has 0 fully saturated rings. The molecule has 0 aliphatic carbocycles. The number of benzene rings is 1. The summed E-state index contributed by atoms with van der Waals surface area (Å²) < 4.78 is 4.80. The van der Waals surface area contributed by atoms with Crippen molar-refractivity contribution >= 4 is 5.97 Å². The minimum atomic E-state index is -0.210. The maximum absolute atomic E-state index is 11.6. The van der Waals surface area contributed by atoms with Crippen LogP contribution < -0.4 is 0 Å². The fourth-order valence-corrected chi connectivity index (χ4v) is 1.71. The van der Waals surface area contributed by atoms with Crippen molar-refractivity contribution in [1.82, 2.24) is 0 Å². The van der Waals surface area contributed by atoms with Crippen LogP contribution >= 0.6 is 0 Å². The standard InChI is InChI=1S/C13H18O3/c1-16-13(15)12(9-5-6-10-14)11-7-3-2-4-8-11/h2-4,7-8,12,14H,5-6,9-10H2,1H3. The number of carbonyl (C=O) groups excluding carboxylic acids is 1. The molecule has 0 aromatic heterocycles. The van der Waals surface area contributed by atoms with E-state index in [0.29, 0.717) is 0 Å². The number of esters is 1. The number of aliphatic hydroxyl groups excluding tert-OH is 1. The molecule has 0 radical (unpaired) electrons. The van der Waals surface area contributed by atoms with Crippen LogP contribution in [0.15, 0.2) is 30.3 Å². The molecular weight excluding hydrogens is 204 g/mol. The molecule has 1 N–H and O–H groups in total. The van der Waals surface area contributed by atoms with Gasteiger partial charge in [0.05, 0.1) is 13.0 Å². The minimum Gasteiger partial charge on any atom is -0.469 e. The van der Waals surface area contributed by atoms with E-state index in [1.54, 1.807) is 0 Å². The summed E-state index contributed by atoms with van der Waals surface area (Å²) in [5.41, 5.74) is 0.979. The molecule has 0 saturated heterocycles. The number of aliphatic hydroxyl groups is 1. The van der Waals surface area contributed by atoms with Gasteiger partial charge in [0.2, 0.25) is 0 Å². The number of hydrogen-bond acceptors (Lipinski definition) is 3. The van der Waals surface area contributed by atoms with Gasteiger partial charge in [-0.15, -0.1) is 0 Å². The summed E-state index contributed by atoms with van der Waals surface area (Å²) in [7, 11) is 1.41. The zero-order valence-electron chi connectivity index (χ0n) is 9.56. The summed E-state index contributed by atoms with van der Waals surface area (Å²) in [4.78, 5) is 11.6. The second kappa shape index (κ2) is 7.01. The number of ether oxygens (including phenoxy) is 1. The van der Waals surface area contributed by atoms with Gasteiger partial charge in [0.25, 0.3) is 0 Å². The first kappa shape index (κ1) is 12.7. The molecule has 0 aliphatic heterocycles. The monoisotopic (exact) mass is 222 g/mol. The maximum Gasteiger partial charge on any atom is 0.313 e. The highest BCUT2D eigenvalue weighted by molar-refractivity contribution is 5.77. The van der Waals surface area contributed by atoms with Gasteiger partial charge in [-0.2, -0.15) is 0 Å². The molecule has 88 valence electrons. The van der Waals surface area contributed by atoms with Crippen molar-refractivity contribution in [2.45, 2.75) is 25.2 Å². The van der Waals surface area contributed by atoms with Crippen molar-refractivity contribution < 1.29 is 14.6 Å². The summed E-state index contributed by atoms with van der Waals surface area (Å²) in [5.74, 6) is -0.415. The zero-order chi connectivity index (χ0) is 11.8. The Morgan fingerprint density at radius 2 is 2.00 bits per heavy atom. The van der Waals surface area contributed by atoms with Crippen molar-refractivity contribution in [2.24, 2.45) is 0 Å². The lowest BCUT2D eigenvalue weighted by Gasteiger charge is -2.14. The van der Waals surface area contributed by atoms with E-state index < -0.39 is 0 Å². The Morgan fingerprint density at radius 3 is 2.56 bits per heavy atom. The number of unbranched alkanes of at least 4 members (excludes halogenated alkanes) is 1. The smallest absolute Gasteiger partial charge is 0.313 e. The molecule has 0 spiro atoms. The third-order valence-corrected chi connectivity index (χ3v) is 2.59. The predicted molar refractivity (Wildman–Crippen MR) is 62.1 cm³/mol. The van der Waals surface area contributed by atoms with E-state index >= 15 is 0 Å². The Hall–Kier alpha value is -1.35. The molecular formula is C13H18O3. The van der Waals surface area contributed by atoms with E-state index in [1.165, 1.54) is 7.11 Å². The summed E-state index contributed by atoms with van der Waals surface area (Å²) in [6, 6.07) is 9.61. The molecule has 1 unspecified atom stereocenters. The summed E-state index contributed by atoms with van der Waals surface area (Å²) in [5, 5.41) is 8.73. The van der Waals surface area contributed by atoms with E-state index in [0.717, 1.165) is 24.8 Å². The average Bonchev–Trinajstić information content (AvgIpc) is 2.35. The Kier molecular flexibility index (Phi) is 5.57. The second-order valence-electron chi connectivity index (χ2n) is 3.71. The Morgan fingerprint density at radius 1 is 1.31 bits per heavy atom. The lowest BCUT2D eigenvalue weighted by molar-refractivity contribution is -0.142. The highest BCUT2D eigenvalue weighted by atomic mass is 16.5. The Labute approximate surface area is 96.1 Å². The molecule has 1 rings (SSSR count). The van der Waals surface area contributed by atoms with E-state index in [1.807, 2.05) is 30.3 Å². The van der Waals surface area contributed by atoms with E-state index in [4.69, 9.17) is 9.84 Å². The lowest BCUT2D eigenvalue weighted by atomic mass is 9.94. The van der Waals surface area contributed by atoms with Crippen molar-refractivity contribution in [3.8, 4) is 0 Å². The molecule has 3 nitrogen and oxygen atoms in total. The van der Waals surface area contributed by atoms with Crippen molar-refractivity contribution in [2.75, 3.05) is 13.7 Å². The van der Waals surface area contributed by atoms with E-state index in [-0.39, 0.29) is 18.5 Å². The highest BCUT2D eigenvalue weighted by Crippen LogP contribution is 2.23. The Bertz CT molecular complexity index is 308. The van der Waals surface area contributed by atoms with Gasteiger partial charge >= 0.3 is 5.97 Å². The van der Waals surface area contributed by atoms with Crippen LogP contribution in [0, 0.1) is 0 Å². The minimum absolute atomic E-state index is 0.169. The van der Waals surface area contributed by atoms with E-state index in [9.17, 15) is 4.79 Å². The fraction of sp³-hybridized carbons (Fsp3) is 0.462.